The van der Waals surface area contributed by atoms with E-state index in [0.717, 1.165) is 12.2 Å². The quantitative estimate of drug-likeness (QED) is 0.782. The van der Waals surface area contributed by atoms with Gasteiger partial charge in [-0.2, -0.15) is 0 Å². The smallest absolute Gasteiger partial charge is 0.322 e. The molecule has 0 bridgehead atoms. The number of rotatable bonds is 2. The maximum atomic E-state index is 12.5. The molecule has 2 saturated heterocycles. The van der Waals surface area contributed by atoms with Crippen LogP contribution in [0.3, 0.4) is 0 Å². The summed E-state index contributed by atoms with van der Waals surface area (Å²) in [5.74, 6) is 0.903. The number of nitrogens with zero attached hydrogens (tertiary/aromatic N) is 1. The van der Waals surface area contributed by atoms with Crippen LogP contribution < -0.4 is 10.6 Å². The third-order valence-corrected chi connectivity index (χ3v) is 4.96. The molecule has 3 heterocycles. The van der Waals surface area contributed by atoms with Gasteiger partial charge in [-0.15, -0.1) is 0 Å². The van der Waals surface area contributed by atoms with Gasteiger partial charge in [0.05, 0.1) is 6.26 Å². The largest absolute Gasteiger partial charge is 0.469 e. The summed E-state index contributed by atoms with van der Waals surface area (Å²) in [4.78, 5) is 37.5. The van der Waals surface area contributed by atoms with Crippen LogP contribution in [0.25, 0.3) is 0 Å². The minimum Gasteiger partial charge on any atom is -0.469 e. The van der Waals surface area contributed by atoms with Gasteiger partial charge >= 0.3 is 6.03 Å². The van der Waals surface area contributed by atoms with E-state index in [2.05, 4.69) is 10.6 Å². The lowest BCUT2D eigenvalue weighted by atomic mass is 9.87. The summed E-state index contributed by atoms with van der Waals surface area (Å²) in [6.45, 7) is 0.988. The van der Waals surface area contributed by atoms with Gasteiger partial charge in [0.1, 0.15) is 11.3 Å². The fraction of sp³-hybridized carbons (Fsp3) is 0.533. The zero-order valence-corrected chi connectivity index (χ0v) is 12.0. The van der Waals surface area contributed by atoms with Crippen LogP contribution in [0.15, 0.2) is 22.8 Å². The highest BCUT2D eigenvalue weighted by molar-refractivity contribution is 6.07. The van der Waals surface area contributed by atoms with E-state index >= 15 is 0 Å². The van der Waals surface area contributed by atoms with Gasteiger partial charge in [0.15, 0.2) is 0 Å². The Morgan fingerprint density at radius 2 is 2.09 bits per heavy atom. The Bertz CT molecular complexity index is 631. The van der Waals surface area contributed by atoms with E-state index in [-0.39, 0.29) is 23.7 Å². The van der Waals surface area contributed by atoms with Crippen molar-refractivity contribution < 1.29 is 18.8 Å². The number of nitrogens with one attached hydrogen (secondary N) is 2. The van der Waals surface area contributed by atoms with E-state index < -0.39 is 11.6 Å². The highest BCUT2D eigenvalue weighted by atomic mass is 16.3. The highest BCUT2D eigenvalue weighted by Gasteiger charge is 2.51. The van der Waals surface area contributed by atoms with Gasteiger partial charge < -0.3 is 14.6 Å². The predicted molar refractivity (Wildman–Crippen MR) is 74.8 cm³/mol. The van der Waals surface area contributed by atoms with Gasteiger partial charge in [-0.1, -0.05) is 0 Å². The molecule has 7 heteroatoms. The summed E-state index contributed by atoms with van der Waals surface area (Å²) < 4.78 is 5.36. The molecule has 1 aromatic rings. The minimum absolute atomic E-state index is 0.00723. The molecule has 0 aromatic carbocycles. The number of hydrogen-bond acceptors (Lipinski definition) is 4. The molecule has 2 atom stereocenters. The first-order valence-electron chi connectivity index (χ1n) is 7.55. The van der Waals surface area contributed by atoms with E-state index in [4.69, 9.17) is 4.42 Å². The van der Waals surface area contributed by atoms with Crippen molar-refractivity contribution in [2.75, 3.05) is 13.1 Å². The van der Waals surface area contributed by atoms with Crippen LogP contribution >= 0.6 is 0 Å². The third-order valence-electron chi connectivity index (χ3n) is 4.96. The molecular weight excluding hydrogens is 286 g/mol. The molecule has 7 nitrogen and oxygen atoms in total. The molecule has 0 unspecified atom stereocenters. The average Bonchev–Trinajstić information content (AvgIpc) is 3.01. The maximum Gasteiger partial charge on any atom is 0.322 e. The van der Waals surface area contributed by atoms with Crippen molar-refractivity contribution in [3.63, 3.8) is 0 Å². The van der Waals surface area contributed by atoms with Crippen LogP contribution in [-0.4, -0.2) is 41.4 Å². The van der Waals surface area contributed by atoms with Gasteiger partial charge in [-0.05, 0) is 31.4 Å². The molecule has 4 amide bonds. The van der Waals surface area contributed by atoms with Crippen LogP contribution in [0.1, 0.15) is 30.9 Å². The van der Waals surface area contributed by atoms with Crippen LogP contribution in [0.2, 0.25) is 0 Å². The predicted octanol–water partition coefficient (Wildman–Crippen LogP) is 0.584. The molecule has 1 aromatic heterocycles. The number of likely N-dealkylation sites (tertiary alicyclic amines) is 1. The number of hydrogen-bond donors (Lipinski definition) is 2. The van der Waals surface area contributed by atoms with Crippen LogP contribution in [0.4, 0.5) is 4.79 Å². The monoisotopic (exact) mass is 303 g/mol. The van der Waals surface area contributed by atoms with Crippen LogP contribution in [0, 0.1) is 5.92 Å². The standard InChI is InChI=1S/C15H17N3O4/c19-12(10-8-9(10)11-2-1-7-22-11)18-5-3-15(4-6-18)13(20)16-14(21)17-15/h1-2,7,9-10H,3-6,8H2,(H2,16,17,20,21)/t9-,10+/m1/s1. The molecular formula is C15H17N3O4. The van der Waals surface area contributed by atoms with E-state index in [1.165, 1.54) is 0 Å². The summed E-state index contributed by atoms with van der Waals surface area (Å²) in [7, 11) is 0. The van der Waals surface area contributed by atoms with Crippen molar-refractivity contribution in [2.24, 2.45) is 5.92 Å². The topological polar surface area (TPSA) is 91.7 Å². The Kier molecular flexibility index (Phi) is 2.79. The lowest BCUT2D eigenvalue weighted by Crippen LogP contribution is -2.56. The molecule has 22 heavy (non-hydrogen) atoms. The number of furan rings is 1. The summed E-state index contributed by atoms with van der Waals surface area (Å²) in [6, 6.07) is 3.30. The zero-order chi connectivity index (χ0) is 15.3. The van der Waals surface area contributed by atoms with Gasteiger partial charge in [-0.25, -0.2) is 4.79 Å². The van der Waals surface area contributed by atoms with Gasteiger partial charge in [0, 0.05) is 24.9 Å². The SMILES string of the molecule is O=C1NC(=O)C2(CCN(C(=O)[C@H]3C[C@H]3c3ccco3)CC2)N1. The third kappa shape index (κ3) is 2.00. The second-order valence-corrected chi connectivity index (χ2v) is 6.28. The molecule has 0 radical (unpaired) electrons. The molecule has 4 rings (SSSR count). The number of amides is 4. The second-order valence-electron chi connectivity index (χ2n) is 6.28. The Hall–Kier alpha value is -2.31. The number of urea groups is 1. The van der Waals surface area contributed by atoms with E-state index in [1.54, 1.807) is 11.2 Å². The first kappa shape index (κ1) is 13.4. The average molecular weight is 303 g/mol. The first-order chi connectivity index (χ1) is 10.6. The van der Waals surface area contributed by atoms with E-state index in [0.29, 0.717) is 25.9 Å². The summed E-state index contributed by atoms with van der Waals surface area (Å²) in [5.41, 5.74) is -0.822. The molecule has 1 spiro atoms. The van der Waals surface area contributed by atoms with E-state index in [9.17, 15) is 14.4 Å². The molecule has 1 aliphatic carbocycles. The fourth-order valence-electron chi connectivity index (χ4n) is 3.51. The molecule has 3 aliphatic rings. The Balaban J connectivity index is 1.37. The van der Waals surface area contributed by atoms with Gasteiger partial charge in [0.25, 0.3) is 5.91 Å². The normalized spacial score (nSPS) is 29.4. The van der Waals surface area contributed by atoms with Crippen molar-refractivity contribution in [2.45, 2.75) is 30.7 Å². The van der Waals surface area contributed by atoms with Crippen LogP contribution in [0.5, 0.6) is 0 Å². The second kappa shape index (κ2) is 4.59. The summed E-state index contributed by atoms with van der Waals surface area (Å²) in [5, 5.41) is 4.98. The lowest BCUT2D eigenvalue weighted by molar-refractivity contribution is -0.137. The molecule has 3 fully saturated rings. The molecule has 2 aliphatic heterocycles. The summed E-state index contributed by atoms with van der Waals surface area (Å²) >= 11 is 0. The Morgan fingerprint density at radius 1 is 1.32 bits per heavy atom. The van der Waals surface area contributed by atoms with E-state index in [1.807, 2.05) is 12.1 Å². The minimum atomic E-state index is -0.822. The number of imide groups is 1. The Morgan fingerprint density at radius 3 is 2.68 bits per heavy atom. The highest BCUT2D eigenvalue weighted by Crippen LogP contribution is 2.49. The van der Waals surface area contributed by atoms with Crippen LogP contribution in [-0.2, 0) is 9.59 Å². The maximum absolute atomic E-state index is 12.5. The van der Waals surface area contributed by atoms with Crippen molar-refractivity contribution in [1.82, 2.24) is 15.5 Å². The molecule has 1 saturated carbocycles. The number of carbonyl (C=O) groups is 3. The molecule has 2 N–H and O–H groups in total. The van der Waals surface area contributed by atoms with Crippen molar-refractivity contribution in [1.29, 1.82) is 0 Å². The van der Waals surface area contributed by atoms with Gasteiger partial charge in [-0.3, -0.25) is 14.9 Å². The Labute approximate surface area is 127 Å². The number of piperidine rings is 1. The molecule has 116 valence electrons. The van der Waals surface area contributed by atoms with Crippen molar-refractivity contribution in [3.8, 4) is 0 Å². The zero-order valence-electron chi connectivity index (χ0n) is 12.0. The summed E-state index contributed by atoms with van der Waals surface area (Å²) in [6.07, 6.45) is 3.38. The fourth-order valence-corrected chi connectivity index (χ4v) is 3.51. The number of carbonyl (C=O) groups excluding carboxylic acids is 3. The van der Waals surface area contributed by atoms with Crippen molar-refractivity contribution >= 4 is 17.8 Å². The lowest BCUT2D eigenvalue weighted by Gasteiger charge is -2.37. The first-order valence-corrected chi connectivity index (χ1v) is 7.55. The van der Waals surface area contributed by atoms with Crippen molar-refractivity contribution in [3.05, 3.63) is 24.2 Å². The van der Waals surface area contributed by atoms with Gasteiger partial charge in [0.2, 0.25) is 5.91 Å².